The molecular formula is C7H14O2. The van der Waals surface area contributed by atoms with Gasteiger partial charge in [-0.05, 0) is 33.3 Å². The molecule has 54 valence electrons. The standard InChI is InChI=1S/C7H14O2/c1-5(6(2)8)7(3,4)9/h8-9H,1-4H3. The van der Waals surface area contributed by atoms with Crippen molar-refractivity contribution in [3.8, 4) is 0 Å². The third kappa shape index (κ3) is 2.51. The van der Waals surface area contributed by atoms with Gasteiger partial charge in [-0.2, -0.15) is 0 Å². The van der Waals surface area contributed by atoms with E-state index >= 15 is 0 Å². The maximum atomic E-state index is 9.24. The summed E-state index contributed by atoms with van der Waals surface area (Å²) in [5.74, 6) is 0.197. The Bertz CT molecular complexity index is 124. The highest BCUT2D eigenvalue weighted by Gasteiger charge is 2.16. The summed E-state index contributed by atoms with van der Waals surface area (Å²) in [6, 6.07) is 0. The summed E-state index contributed by atoms with van der Waals surface area (Å²) in [6.07, 6.45) is 0. The van der Waals surface area contributed by atoms with Crippen LogP contribution >= 0.6 is 0 Å². The van der Waals surface area contributed by atoms with Crippen LogP contribution in [0.3, 0.4) is 0 Å². The van der Waals surface area contributed by atoms with Crippen LogP contribution in [0, 0.1) is 0 Å². The van der Waals surface area contributed by atoms with Gasteiger partial charge in [0.05, 0.1) is 11.4 Å². The topological polar surface area (TPSA) is 40.5 Å². The second kappa shape index (κ2) is 2.40. The zero-order chi connectivity index (χ0) is 7.65. The third-order valence-corrected chi connectivity index (χ3v) is 1.46. The molecule has 2 N–H and O–H groups in total. The van der Waals surface area contributed by atoms with Crippen LogP contribution in [0.2, 0.25) is 0 Å². The molecule has 0 aliphatic heterocycles. The molecule has 0 radical (unpaired) electrons. The summed E-state index contributed by atoms with van der Waals surface area (Å²) in [5.41, 5.74) is -0.277. The summed E-state index contributed by atoms with van der Waals surface area (Å²) < 4.78 is 0. The van der Waals surface area contributed by atoms with Crippen molar-refractivity contribution < 1.29 is 10.2 Å². The molecule has 0 saturated carbocycles. The molecule has 0 aromatic rings. The Hall–Kier alpha value is -0.500. The molecule has 9 heavy (non-hydrogen) atoms. The molecule has 0 heterocycles. The maximum Gasteiger partial charge on any atom is 0.0909 e. The molecule has 0 saturated heterocycles. The average molecular weight is 130 g/mol. The Kier molecular flexibility index (Phi) is 2.26. The number of aliphatic hydroxyl groups is 2. The summed E-state index contributed by atoms with van der Waals surface area (Å²) in [4.78, 5) is 0. The van der Waals surface area contributed by atoms with E-state index in [0.29, 0.717) is 5.57 Å². The molecule has 0 spiro atoms. The molecule has 0 amide bonds. The van der Waals surface area contributed by atoms with Gasteiger partial charge >= 0.3 is 0 Å². The zero-order valence-corrected chi connectivity index (χ0v) is 6.39. The van der Waals surface area contributed by atoms with Crippen LogP contribution in [0.1, 0.15) is 27.7 Å². The molecular weight excluding hydrogens is 116 g/mol. The minimum atomic E-state index is -0.890. The average Bonchev–Trinajstić information content (AvgIpc) is 1.62. The number of aliphatic hydroxyl groups excluding tert-OH is 1. The normalized spacial score (nSPS) is 15.2. The monoisotopic (exact) mass is 130 g/mol. The highest BCUT2D eigenvalue weighted by molar-refractivity contribution is 5.12. The number of hydrogen-bond donors (Lipinski definition) is 2. The van der Waals surface area contributed by atoms with Crippen molar-refractivity contribution >= 4 is 0 Å². The van der Waals surface area contributed by atoms with E-state index in [1.807, 2.05) is 0 Å². The first-order valence-electron chi connectivity index (χ1n) is 2.95. The van der Waals surface area contributed by atoms with Crippen LogP contribution < -0.4 is 0 Å². The van der Waals surface area contributed by atoms with Gasteiger partial charge in [0.15, 0.2) is 0 Å². The lowest BCUT2D eigenvalue weighted by Gasteiger charge is -2.18. The molecule has 0 unspecified atom stereocenters. The fraction of sp³-hybridized carbons (Fsp3) is 0.714. The van der Waals surface area contributed by atoms with E-state index in [2.05, 4.69) is 0 Å². The largest absolute Gasteiger partial charge is 0.513 e. The molecule has 2 heteroatoms. The van der Waals surface area contributed by atoms with Crippen molar-refractivity contribution in [2.75, 3.05) is 0 Å². The predicted molar refractivity (Wildman–Crippen MR) is 37.3 cm³/mol. The maximum absolute atomic E-state index is 9.24. The Labute approximate surface area is 55.8 Å². The second-order valence-corrected chi connectivity index (χ2v) is 2.77. The zero-order valence-electron chi connectivity index (χ0n) is 6.39. The molecule has 0 fully saturated rings. The number of rotatable bonds is 1. The number of hydrogen-bond acceptors (Lipinski definition) is 2. The molecule has 2 nitrogen and oxygen atoms in total. The lowest BCUT2D eigenvalue weighted by Crippen LogP contribution is -2.21. The highest BCUT2D eigenvalue weighted by atomic mass is 16.3. The van der Waals surface area contributed by atoms with Crippen molar-refractivity contribution in [3.05, 3.63) is 11.3 Å². The lowest BCUT2D eigenvalue weighted by atomic mass is 9.99. The predicted octanol–water partition coefficient (Wildman–Crippen LogP) is 1.61. The molecule has 0 rings (SSSR count). The Morgan fingerprint density at radius 2 is 1.56 bits per heavy atom. The molecule has 0 aliphatic rings. The van der Waals surface area contributed by atoms with E-state index < -0.39 is 5.60 Å². The Morgan fingerprint density at radius 1 is 1.22 bits per heavy atom. The summed E-state index contributed by atoms with van der Waals surface area (Å²) in [5, 5.41) is 18.1. The van der Waals surface area contributed by atoms with Crippen molar-refractivity contribution in [3.63, 3.8) is 0 Å². The van der Waals surface area contributed by atoms with Crippen LogP contribution in [0.5, 0.6) is 0 Å². The Balaban J connectivity index is 4.40. The summed E-state index contributed by atoms with van der Waals surface area (Å²) in [6.45, 7) is 6.55. The fourth-order valence-electron chi connectivity index (χ4n) is 0.443. The van der Waals surface area contributed by atoms with Crippen molar-refractivity contribution in [2.45, 2.75) is 33.3 Å². The van der Waals surface area contributed by atoms with E-state index in [4.69, 9.17) is 5.11 Å². The quantitative estimate of drug-likeness (QED) is 0.529. The molecule has 0 atom stereocenters. The number of allylic oxidation sites excluding steroid dienone is 1. The van der Waals surface area contributed by atoms with Crippen molar-refractivity contribution in [1.82, 2.24) is 0 Å². The van der Waals surface area contributed by atoms with E-state index in [0.717, 1.165) is 0 Å². The first kappa shape index (κ1) is 8.50. The van der Waals surface area contributed by atoms with Gasteiger partial charge in [0.25, 0.3) is 0 Å². The molecule has 0 aromatic carbocycles. The van der Waals surface area contributed by atoms with Gasteiger partial charge in [0, 0.05) is 0 Å². The molecule has 0 aromatic heterocycles. The van der Waals surface area contributed by atoms with Gasteiger partial charge in [0.1, 0.15) is 0 Å². The van der Waals surface area contributed by atoms with Gasteiger partial charge in [0.2, 0.25) is 0 Å². The summed E-state index contributed by atoms with van der Waals surface area (Å²) >= 11 is 0. The second-order valence-electron chi connectivity index (χ2n) is 2.77. The van der Waals surface area contributed by atoms with Gasteiger partial charge in [-0.15, -0.1) is 0 Å². The van der Waals surface area contributed by atoms with Gasteiger partial charge in [-0.25, -0.2) is 0 Å². The highest BCUT2D eigenvalue weighted by Crippen LogP contribution is 2.16. The van der Waals surface area contributed by atoms with Crippen LogP contribution in [0.15, 0.2) is 11.3 Å². The van der Waals surface area contributed by atoms with Crippen LogP contribution in [-0.4, -0.2) is 15.8 Å². The van der Waals surface area contributed by atoms with E-state index in [-0.39, 0.29) is 5.76 Å². The minimum Gasteiger partial charge on any atom is -0.513 e. The SMILES string of the molecule is CC(O)=C(C)C(C)(C)O. The first-order valence-corrected chi connectivity index (χ1v) is 2.95. The van der Waals surface area contributed by atoms with Crippen molar-refractivity contribution in [1.29, 1.82) is 0 Å². The van der Waals surface area contributed by atoms with Gasteiger partial charge in [-0.1, -0.05) is 0 Å². The smallest absolute Gasteiger partial charge is 0.0909 e. The van der Waals surface area contributed by atoms with Crippen LogP contribution in [-0.2, 0) is 0 Å². The lowest BCUT2D eigenvalue weighted by molar-refractivity contribution is 0.114. The minimum absolute atomic E-state index is 0.197. The van der Waals surface area contributed by atoms with E-state index in [9.17, 15) is 5.11 Å². The summed E-state index contributed by atoms with van der Waals surface area (Å²) in [7, 11) is 0. The van der Waals surface area contributed by atoms with Crippen LogP contribution in [0.4, 0.5) is 0 Å². The first-order chi connectivity index (χ1) is 3.85. The van der Waals surface area contributed by atoms with Crippen molar-refractivity contribution in [2.24, 2.45) is 0 Å². The molecule has 0 bridgehead atoms. The van der Waals surface area contributed by atoms with E-state index in [1.165, 1.54) is 0 Å². The third-order valence-electron chi connectivity index (χ3n) is 1.46. The fourth-order valence-corrected chi connectivity index (χ4v) is 0.443. The van der Waals surface area contributed by atoms with E-state index in [1.54, 1.807) is 27.7 Å². The molecule has 0 aliphatic carbocycles. The van der Waals surface area contributed by atoms with Gasteiger partial charge in [-0.3, -0.25) is 0 Å². The van der Waals surface area contributed by atoms with Gasteiger partial charge < -0.3 is 10.2 Å². The Morgan fingerprint density at radius 3 is 1.56 bits per heavy atom. The van der Waals surface area contributed by atoms with Crippen LogP contribution in [0.25, 0.3) is 0 Å².